The summed E-state index contributed by atoms with van der Waals surface area (Å²) in [4.78, 5) is 21.4. The maximum absolute atomic E-state index is 12.7. The molecule has 26 heavy (non-hydrogen) atoms. The van der Waals surface area contributed by atoms with Gasteiger partial charge in [-0.2, -0.15) is 10.4 Å². The maximum atomic E-state index is 12.7. The van der Waals surface area contributed by atoms with Gasteiger partial charge in [-0.1, -0.05) is 18.9 Å². The van der Waals surface area contributed by atoms with E-state index >= 15 is 0 Å². The Morgan fingerprint density at radius 2 is 2.08 bits per heavy atom. The topological polar surface area (TPSA) is 96.5 Å². The van der Waals surface area contributed by atoms with Gasteiger partial charge in [0.2, 0.25) is 5.91 Å². The zero-order chi connectivity index (χ0) is 17.7. The molecule has 1 unspecified atom stereocenters. The summed E-state index contributed by atoms with van der Waals surface area (Å²) >= 11 is 0. The van der Waals surface area contributed by atoms with Crippen LogP contribution in [0.2, 0.25) is 0 Å². The van der Waals surface area contributed by atoms with Gasteiger partial charge in [0.05, 0.1) is 28.8 Å². The Labute approximate surface area is 149 Å². The van der Waals surface area contributed by atoms with Crippen molar-refractivity contribution >= 4 is 22.6 Å². The minimum Gasteiger partial charge on any atom is -0.325 e. The molecule has 0 saturated heterocycles. The number of nitriles is 1. The molecule has 2 aliphatic rings. The molecule has 0 bridgehead atoms. The first-order valence-electron chi connectivity index (χ1n) is 8.79. The lowest BCUT2D eigenvalue weighted by atomic mass is 9.94. The number of carbonyl (C=O) groups is 1. The lowest BCUT2D eigenvalue weighted by Crippen LogP contribution is -2.14. The summed E-state index contributed by atoms with van der Waals surface area (Å²) in [7, 11) is 0. The molecule has 0 spiro atoms. The van der Waals surface area contributed by atoms with Gasteiger partial charge in [-0.05, 0) is 30.5 Å². The largest absolute Gasteiger partial charge is 0.325 e. The number of rotatable bonds is 2. The minimum absolute atomic E-state index is 0.135. The lowest BCUT2D eigenvalue weighted by Gasteiger charge is -2.09. The number of nitrogens with one attached hydrogen (secondary N) is 1. The Hall–Kier alpha value is -3.27. The number of nitrogens with zero attached hydrogens (tertiary/aromatic N) is 5. The van der Waals surface area contributed by atoms with Gasteiger partial charge in [0.15, 0.2) is 5.65 Å². The summed E-state index contributed by atoms with van der Waals surface area (Å²) < 4.78 is 1.99. The number of fused-ring (bicyclic) bond motifs is 2. The van der Waals surface area contributed by atoms with E-state index in [2.05, 4.69) is 26.5 Å². The molecule has 1 amide bonds. The molecule has 1 atom stereocenters. The summed E-state index contributed by atoms with van der Waals surface area (Å²) in [6.45, 7) is 0. The molecule has 5 rings (SSSR count). The number of benzene rings is 1. The second-order valence-corrected chi connectivity index (χ2v) is 6.88. The van der Waals surface area contributed by atoms with Gasteiger partial charge in [0, 0.05) is 11.9 Å². The number of anilines is 1. The molecule has 3 heterocycles. The normalized spacial score (nSPS) is 19.5. The van der Waals surface area contributed by atoms with Crippen molar-refractivity contribution in [3.63, 3.8) is 0 Å². The highest BCUT2D eigenvalue weighted by Crippen LogP contribution is 2.39. The number of carbonyl (C=O) groups excluding carboxylic acids is 1. The van der Waals surface area contributed by atoms with Crippen LogP contribution in [0.15, 0.2) is 30.7 Å². The summed E-state index contributed by atoms with van der Waals surface area (Å²) in [5.41, 5.74) is 3.32. The van der Waals surface area contributed by atoms with E-state index in [0.717, 1.165) is 23.8 Å². The number of aromatic nitrogens is 4. The highest BCUT2D eigenvalue weighted by molar-refractivity contribution is 6.06. The van der Waals surface area contributed by atoms with E-state index in [-0.39, 0.29) is 5.91 Å². The average molecular weight is 344 g/mol. The van der Waals surface area contributed by atoms with Gasteiger partial charge in [-0.25, -0.2) is 9.97 Å². The van der Waals surface area contributed by atoms with Gasteiger partial charge < -0.3 is 5.32 Å². The summed E-state index contributed by atoms with van der Waals surface area (Å²) in [6, 6.07) is 7.76. The average Bonchev–Trinajstić information content (AvgIpc) is 3.37. The molecule has 1 N–H and O–H groups in total. The SMILES string of the molecule is N#Cc1ccc2c(c1)NC(=O)C2c1ncnc2nn(C3CCCC3)cc12. The zero-order valence-corrected chi connectivity index (χ0v) is 14.0. The van der Waals surface area contributed by atoms with Crippen LogP contribution in [0.4, 0.5) is 5.69 Å². The first-order chi connectivity index (χ1) is 12.7. The molecule has 3 aromatic rings. The van der Waals surface area contributed by atoms with Crippen LogP contribution >= 0.6 is 0 Å². The van der Waals surface area contributed by atoms with Crippen molar-refractivity contribution in [2.24, 2.45) is 0 Å². The van der Waals surface area contributed by atoms with Crippen molar-refractivity contribution in [3.05, 3.63) is 47.5 Å². The third-order valence-electron chi connectivity index (χ3n) is 5.35. The van der Waals surface area contributed by atoms with Gasteiger partial charge in [0.25, 0.3) is 0 Å². The van der Waals surface area contributed by atoms with Crippen LogP contribution < -0.4 is 5.32 Å². The van der Waals surface area contributed by atoms with E-state index in [1.54, 1.807) is 12.1 Å². The Bertz CT molecular complexity index is 1070. The molecular weight excluding hydrogens is 328 g/mol. The monoisotopic (exact) mass is 344 g/mol. The Morgan fingerprint density at radius 3 is 2.88 bits per heavy atom. The van der Waals surface area contributed by atoms with Crippen molar-refractivity contribution in [2.75, 3.05) is 5.32 Å². The van der Waals surface area contributed by atoms with Crippen molar-refractivity contribution < 1.29 is 4.79 Å². The molecule has 1 saturated carbocycles. The summed E-state index contributed by atoms with van der Waals surface area (Å²) in [5, 5.41) is 17.4. The number of hydrogen-bond donors (Lipinski definition) is 1. The molecule has 128 valence electrons. The minimum atomic E-state index is -0.510. The highest BCUT2D eigenvalue weighted by atomic mass is 16.2. The van der Waals surface area contributed by atoms with Crippen LogP contribution in [-0.4, -0.2) is 25.7 Å². The summed E-state index contributed by atoms with van der Waals surface area (Å²) in [6.07, 6.45) is 8.15. The van der Waals surface area contributed by atoms with Gasteiger partial charge in [-0.15, -0.1) is 0 Å². The van der Waals surface area contributed by atoms with Crippen molar-refractivity contribution in [1.82, 2.24) is 19.7 Å². The van der Waals surface area contributed by atoms with Crippen LogP contribution in [0.3, 0.4) is 0 Å². The van der Waals surface area contributed by atoms with E-state index in [4.69, 9.17) is 5.26 Å². The first-order valence-corrected chi connectivity index (χ1v) is 8.79. The number of hydrogen-bond acceptors (Lipinski definition) is 5. The predicted octanol–water partition coefficient (Wildman–Crippen LogP) is 2.90. The van der Waals surface area contributed by atoms with Crippen molar-refractivity contribution in [1.29, 1.82) is 5.26 Å². The fourth-order valence-electron chi connectivity index (χ4n) is 4.06. The highest BCUT2D eigenvalue weighted by Gasteiger charge is 2.35. The predicted molar refractivity (Wildman–Crippen MR) is 94.5 cm³/mol. The zero-order valence-electron chi connectivity index (χ0n) is 14.0. The van der Waals surface area contributed by atoms with Crippen LogP contribution in [0.25, 0.3) is 11.0 Å². The van der Waals surface area contributed by atoms with Crippen LogP contribution in [0.1, 0.15) is 54.5 Å². The second kappa shape index (κ2) is 5.63. The molecule has 7 nitrogen and oxygen atoms in total. The van der Waals surface area contributed by atoms with Crippen LogP contribution in [0.5, 0.6) is 0 Å². The fraction of sp³-hybridized carbons (Fsp3) is 0.316. The Balaban J connectivity index is 1.63. The quantitative estimate of drug-likeness (QED) is 0.771. The second-order valence-electron chi connectivity index (χ2n) is 6.88. The van der Waals surface area contributed by atoms with Crippen LogP contribution in [-0.2, 0) is 4.79 Å². The van der Waals surface area contributed by atoms with E-state index in [9.17, 15) is 4.79 Å². The lowest BCUT2D eigenvalue weighted by molar-refractivity contribution is -0.116. The smallest absolute Gasteiger partial charge is 0.238 e. The van der Waals surface area contributed by atoms with Crippen molar-refractivity contribution in [3.8, 4) is 6.07 Å². The molecule has 7 heteroatoms. The maximum Gasteiger partial charge on any atom is 0.238 e. The third-order valence-corrected chi connectivity index (χ3v) is 5.35. The van der Waals surface area contributed by atoms with Crippen LogP contribution in [0, 0.1) is 11.3 Å². The van der Waals surface area contributed by atoms with E-state index < -0.39 is 5.92 Å². The van der Waals surface area contributed by atoms with E-state index in [1.165, 1.54) is 19.2 Å². The summed E-state index contributed by atoms with van der Waals surface area (Å²) in [5.74, 6) is -0.645. The van der Waals surface area contributed by atoms with E-state index in [0.29, 0.717) is 28.6 Å². The number of amides is 1. The van der Waals surface area contributed by atoms with Gasteiger partial charge in [-0.3, -0.25) is 9.48 Å². The standard InChI is InChI=1S/C19H16N6O/c20-8-11-5-6-13-15(7-11)23-19(26)16(13)17-14-9-25(12-3-1-2-4-12)24-18(14)22-10-21-17/h5-7,9-10,12,16H,1-4H2,(H,23,26). The third kappa shape index (κ3) is 2.19. The van der Waals surface area contributed by atoms with E-state index in [1.807, 2.05) is 16.9 Å². The molecular formula is C19H16N6O. The Morgan fingerprint density at radius 1 is 1.23 bits per heavy atom. The first kappa shape index (κ1) is 15.0. The van der Waals surface area contributed by atoms with Crippen molar-refractivity contribution in [2.45, 2.75) is 37.6 Å². The Kier molecular flexibility index (Phi) is 3.25. The molecule has 1 fully saturated rings. The molecule has 0 radical (unpaired) electrons. The molecule has 1 aromatic carbocycles. The molecule has 2 aromatic heterocycles. The molecule has 1 aliphatic heterocycles. The van der Waals surface area contributed by atoms with Gasteiger partial charge in [0.1, 0.15) is 12.2 Å². The fourth-order valence-corrected chi connectivity index (χ4v) is 4.06. The molecule has 1 aliphatic carbocycles. The van der Waals surface area contributed by atoms with Gasteiger partial charge >= 0.3 is 0 Å².